The van der Waals surface area contributed by atoms with Gasteiger partial charge in [0, 0.05) is 61.7 Å². The molecule has 0 spiro atoms. The molecule has 0 unspecified atom stereocenters. The van der Waals surface area contributed by atoms with Gasteiger partial charge in [0.1, 0.15) is 11.2 Å². The van der Waals surface area contributed by atoms with Crippen LogP contribution in [0.15, 0.2) is 174 Å². The number of nitrogens with zero attached hydrogens (tertiary/aromatic N) is 3. The minimum Gasteiger partial charge on any atom is -0.456 e. The summed E-state index contributed by atoms with van der Waals surface area (Å²) in [6, 6.07) is 65.8. The fourth-order valence-corrected chi connectivity index (χ4v) is 15.7. The van der Waals surface area contributed by atoms with Crippen LogP contribution in [-0.2, 0) is 32.5 Å². The highest BCUT2D eigenvalue weighted by molar-refractivity contribution is 7.00. The van der Waals surface area contributed by atoms with Crippen molar-refractivity contribution in [3.63, 3.8) is 0 Å². The molecular weight excluding hydrogens is 994 g/mol. The Morgan fingerprint density at radius 1 is 0.427 bits per heavy atom. The van der Waals surface area contributed by atoms with Gasteiger partial charge in [-0.1, -0.05) is 188 Å². The van der Waals surface area contributed by atoms with Crippen molar-refractivity contribution in [2.75, 3.05) is 14.7 Å². The Kier molecular flexibility index (Phi) is 11.1. The summed E-state index contributed by atoms with van der Waals surface area (Å²) >= 11 is 0. The molecule has 0 atom stereocenters. The first-order valence-electron chi connectivity index (χ1n) is 30.0. The Morgan fingerprint density at radius 2 is 0.927 bits per heavy atom. The summed E-state index contributed by atoms with van der Waals surface area (Å²) in [6.45, 7) is 38.0. The predicted molar refractivity (Wildman–Crippen MR) is 351 cm³/mol. The third kappa shape index (κ3) is 7.63. The maximum atomic E-state index is 6.73. The molecule has 2 aliphatic carbocycles. The van der Waals surface area contributed by atoms with Gasteiger partial charge in [-0.2, -0.15) is 0 Å². The highest BCUT2D eigenvalue weighted by atomic mass is 16.3. The number of hydrogen-bond acceptors (Lipinski definition) is 4. The second-order valence-electron chi connectivity index (χ2n) is 29.1. The van der Waals surface area contributed by atoms with E-state index in [1.807, 2.05) is 0 Å². The van der Waals surface area contributed by atoms with E-state index in [0.29, 0.717) is 0 Å². The van der Waals surface area contributed by atoms with Gasteiger partial charge < -0.3 is 19.1 Å². The first-order valence-corrected chi connectivity index (χ1v) is 30.0. The lowest BCUT2D eigenvalue weighted by atomic mass is 9.33. The summed E-state index contributed by atoms with van der Waals surface area (Å²) in [5, 5.41) is 2.26. The lowest BCUT2D eigenvalue weighted by molar-refractivity contribution is 0.403. The summed E-state index contributed by atoms with van der Waals surface area (Å²) in [7, 11) is 0. The number of rotatable bonds is 5. The quantitative estimate of drug-likeness (QED) is 0.160. The van der Waals surface area contributed by atoms with Crippen molar-refractivity contribution >= 4 is 96.2 Å². The SMILES string of the molecule is Cc1cc2c3c(c1)N(c1cccc4oc5ccccc5c14)c1cc4c(cc1B3c1ccc(N(c3ccc(C(C)(C)C)cc3)c3ccc(C(C)(C)C)cc3)cc1N2c1cc2c(cc1C)C(C)(C)c1ccccc1C2(C)C)C(C)(C)CC4(C)C. The average molecular weight is 1070 g/mol. The minimum absolute atomic E-state index is 0.0167. The van der Waals surface area contributed by atoms with Crippen LogP contribution in [0, 0.1) is 13.8 Å². The van der Waals surface area contributed by atoms with Gasteiger partial charge in [0.25, 0.3) is 6.71 Å². The van der Waals surface area contributed by atoms with Crippen molar-refractivity contribution in [2.24, 2.45) is 0 Å². The minimum atomic E-state index is -0.253. The van der Waals surface area contributed by atoms with Crippen molar-refractivity contribution in [2.45, 2.75) is 150 Å². The number of furan rings is 1. The van der Waals surface area contributed by atoms with Gasteiger partial charge in [0.2, 0.25) is 0 Å². The van der Waals surface area contributed by atoms with Crippen LogP contribution < -0.4 is 31.1 Å². The lowest BCUT2D eigenvalue weighted by Gasteiger charge is -2.47. The van der Waals surface area contributed by atoms with Crippen molar-refractivity contribution in [1.29, 1.82) is 0 Å². The fourth-order valence-electron chi connectivity index (χ4n) is 15.7. The Bertz CT molecular complexity index is 4250. The average Bonchev–Trinajstić information content (AvgIpc) is 3.27. The first kappa shape index (κ1) is 52.3. The molecule has 0 saturated heterocycles. The van der Waals surface area contributed by atoms with E-state index in [1.54, 1.807) is 0 Å². The largest absolute Gasteiger partial charge is 0.456 e. The molecule has 0 bridgehead atoms. The maximum Gasteiger partial charge on any atom is 0.252 e. The monoisotopic (exact) mass is 1070 g/mol. The molecule has 82 heavy (non-hydrogen) atoms. The zero-order valence-corrected chi connectivity index (χ0v) is 51.2. The molecule has 0 saturated carbocycles. The van der Waals surface area contributed by atoms with Crippen LogP contribution in [-0.4, -0.2) is 6.71 Å². The molecule has 4 nitrogen and oxygen atoms in total. The third-order valence-electron chi connectivity index (χ3n) is 19.7. The first-order chi connectivity index (χ1) is 38.7. The molecule has 14 rings (SSSR count). The summed E-state index contributed by atoms with van der Waals surface area (Å²) in [5.74, 6) is 0. The number of hydrogen-bond donors (Lipinski definition) is 0. The van der Waals surface area contributed by atoms with Crippen molar-refractivity contribution in [3.8, 4) is 0 Å². The van der Waals surface area contributed by atoms with Crippen LogP contribution in [0.25, 0.3) is 21.9 Å². The predicted octanol–water partition coefficient (Wildman–Crippen LogP) is 19.3. The van der Waals surface area contributed by atoms with E-state index in [2.05, 4.69) is 295 Å². The number of fused-ring (bicyclic) bond motifs is 10. The van der Waals surface area contributed by atoms with Gasteiger partial charge in [-0.25, -0.2) is 0 Å². The van der Waals surface area contributed by atoms with Crippen molar-refractivity contribution in [1.82, 2.24) is 0 Å². The molecule has 1 aromatic heterocycles. The lowest BCUT2D eigenvalue weighted by Crippen LogP contribution is -2.61. The van der Waals surface area contributed by atoms with Crippen LogP contribution in [0.1, 0.15) is 159 Å². The molecule has 0 amide bonds. The maximum absolute atomic E-state index is 6.73. The number of para-hydroxylation sites is 1. The van der Waals surface area contributed by atoms with E-state index < -0.39 is 0 Å². The third-order valence-corrected chi connectivity index (χ3v) is 19.7. The summed E-state index contributed by atoms with van der Waals surface area (Å²) < 4.78 is 6.73. The molecule has 0 fully saturated rings. The smallest absolute Gasteiger partial charge is 0.252 e. The van der Waals surface area contributed by atoms with Crippen molar-refractivity contribution in [3.05, 3.63) is 225 Å². The van der Waals surface area contributed by atoms with Crippen LogP contribution >= 0.6 is 0 Å². The highest BCUT2D eigenvalue weighted by Gasteiger charge is 2.50. The summed E-state index contributed by atoms with van der Waals surface area (Å²) in [5.41, 5.74) is 29.5. The molecule has 0 radical (unpaired) electrons. The van der Waals surface area contributed by atoms with E-state index in [9.17, 15) is 0 Å². The molecule has 3 heterocycles. The van der Waals surface area contributed by atoms with Gasteiger partial charge in [0.05, 0.1) is 11.1 Å². The zero-order chi connectivity index (χ0) is 57.5. The Balaban J connectivity index is 1.09. The van der Waals surface area contributed by atoms with Gasteiger partial charge in [0.15, 0.2) is 0 Å². The Morgan fingerprint density at radius 3 is 1.52 bits per heavy atom. The van der Waals surface area contributed by atoms with E-state index in [1.165, 1.54) is 100 Å². The molecule has 5 heteroatoms. The van der Waals surface area contributed by atoms with E-state index in [4.69, 9.17) is 4.42 Å². The van der Waals surface area contributed by atoms with Gasteiger partial charge in [-0.3, -0.25) is 0 Å². The topological polar surface area (TPSA) is 22.9 Å². The van der Waals surface area contributed by atoms with Gasteiger partial charge >= 0.3 is 0 Å². The molecule has 4 aliphatic rings. The fraction of sp³-hybridized carbons (Fsp3) is 0.299. The van der Waals surface area contributed by atoms with E-state index in [-0.39, 0.29) is 39.2 Å². The van der Waals surface area contributed by atoms with Crippen LogP contribution in [0.5, 0.6) is 0 Å². The van der Waals surface area contributed by atoms with Crippen LogP contribution in [0.3, 0.4) is 0 Å². The van der Waals surface area contributed by atoms with Crippen molar-refractivity contribution < 1.29 is 4.42 Å². The molecule has 2 aliphatic heterocycles. The van der Waals surface area contributed by atoms with Crippen LogP contribution in [0.4, 0.5) is 51.2 Å². The van der Waals surface area contributed by atoms with Crippen LogP contribution in [0.2, 0.25) is 0 Å². The highest BCUT2D eigenvalue weighted by Crippen LogP contribution is 2.56. The summed E-state index contributed by atoms with van der Waals surface area (Å²) in [4.78, 5) is 7.80. The second kappa shape index (κ2) is 17.4. The van der Waals surface area contributed by atoms with E-state index in [0.717, 1.165) is 51.1 Å². The molecule has 10 aromatic rings. The zero-order valence-electron chi connectivity index (χ0n) is 51.2. The number of aryl methyl sites for hydroxylation is 2. The Labute approximate surface area is 487 Å². The molecular formula is C77H78BN3O. The van der Waals surface area contributed by atoms with E-state index >= 15 is 0 Å². The molecule has 410 valence electrons. The number of benzene rings is 9. The number of anilines is 9. The Hall–Kier alpha value is -7.76. The summed E-state index contributed by atoms with van der Waals surface area (Å²) in [6.07, 6.45) is 1.08. The normalized spacial score (nSPS) is 16.8. The van der Waals surface area contributed by atoms with Gasteiger partial charge in [-0.05, 0) is 193 Å². The van der Waals surface area contributed by atoms with Gasteiger partial charge in [-0.15, -0.1) is 0 Å². The molecule has 9 aromatic carbocycles. The standard InChI is InChI=1S/C77H78BN3O/c1-46-38-66-71-67(39-46)81(63-44-59-58(40-47(63)2)76(13,14)54-23-18-19-24-55(54)77(59,15)16)64-41-52(79(50-32-28-48(29-33-50)72(3,4)5)51-34-30-49(31-35-51)73(6,7)8)36-37-60(64)78(71)61-42-56-57(75(11,12)45-74(56,9)10)43-65(61)80(66)62-25-21-27-69-70(62)53-22-17-20-26-68(53)82-69/h17-44H,45H2,1-16H3. The molecule has 0 N–H and O–H groups in total. The second-order valence-corrected chi connectivity index (χ2v) is 29.1.